The third-order valence-corrected chi connectivity index (χ3v) is 17.5. The molecule has 0 radical (unpaired) electrons. The molecule has 0 aromatic heterocycles. The standard InChI is InChI=1S/C75H144O7/c1-4-7-10-13-16-19-22-25-29-34-39-44-49-54-59-64-71(76)65-60-55-50-45-40-35-32-28-33-37-42-47-52-57-62-67-74(78)81-70-72(82-75(79)68-63-58-53-48-43-38-31-27-24-21-18-15-12-9-6-3)69-80-73(77)66-61-56-51-46-41-36-30-26-23-20-17-14-11-8-5-2/h72H,4-70H2,1-3H3. The molecule has 7 heteroatoms. The zero-order valence-electron chi connectivity index (χ0n) is 55.8. The summed E-state index contributed by atoms with van der Waals surface area (Å²) in [5, 5.41) is 0. The quantitative estimate of drug-likeness (QED) is 0.0340. The van der Waals surface area contributed by atoms with Crippen LogP contribution in [0.25, 0.3) is 0 Å². The molecule has 486 valence electrons. The maximum absolute atomic E-state index is 12.9. The van der Waals surface area contributed by atoms with Crippen LogP contribution in [0.15, 0.2) is 0 Å². The molecule has 0 heterocycles. The van der Waals surface area contributed by atoms with Gasteiger partial charge in [0.1, 0.15) is 19.0 Å². The Hall–Kier alpha value is -1.92. The smallest absolute Gasteiger partial charge is 0.306 e. The molecule has 0 saturated carbocycles. The van der Waals surface area contributed by atoms with Gasteiger partial charge in [-0.25, -0.2) is 0 Å². The van der Waals surface area contributed by atoms with Gasteiger partial charge in [-0.2, -0.15) is 0 Å². The van der Waals surface area contributed by atoms with Crippen LogP contribution in [0.2, 0.25) is 0 Å². The van der Waals surface area contributed by atoms with Crippen molar-refractivity contribution < 1.29 is 33.4 Å². The van der Waals surface area contributed by atoms with Crippen LogP contribution in [0, 0.1) is 0 Å². The van der Waals surface area contributed by atoms with Crippen molar-refractivity contribution in [2.24, 2.45) is 0 Å². The van der Waals surface area contributed by atoms with Crippen molar-refractivity contribution in [3.63, 3.8) is 0 Å². The molecule has 1 atom stereocenters. The largest absolute Gasteiger partial charge is 0.462 e. The Bertz CT molecular complexity index is 1300. The number of carbonyl (C=O) groups is 4. The van der Waals surface area contributed by atoms with Crippen molar-refractivity contribution in [1.82, 2.24) is 0 Å². The monoisotopic (exact) mass is 1160 g/mol. The average Bonchev–Trinajstić information content (AvgIpc) is 3.48. The summed E-state index contributed by atoms with van der Waals surface area (Å²) in [5.74, 6) is -0.356. The summed E-state index contributed by atoms with van der Waals surface area (Å²) >= 11 is 0. The van der Waals surface area contributed by atoms with Crippen LogP contribution in [0.3, 0.4) is 0 Å². The molecule has 1 unspecified atom stereocenters. The SMILES string of the molecule is CCCCCCCCCCCCCCCCCC(=O)CCCCCCCCCCCCCCCCCC(=O)OCC(COC(=O)CCCCCCCCCCCCCCCCC)OC(=O)CCCCCCCCCCCCCCCCC. The Kier molecular flexibility index (Phi) is 68.2. The van der Waals surface area contributed by atoms with Gasteiger partial charge in [0.05, 0.1) is 0 Å². The third kappa shape index (κ3) is 67.2. The van der Waals surface area contributed by atoms with E-state index in [1.54, 1.807) is 0 Å². The molecule has 0 aliphatic carbocycles. The summed E-state index contributed by atoms with van der Waals surface area (Å²) in [6, 6.07) is 0. The van der Waals surface area contributed by atoms with Crippen LogP contribution in [-0.2, 0) is 33.4 Å². The van der Waals surface area contributed by atoms with Crippen molar-refractivity contribution in [2.75, 3.05) is 13.2 Å². The van der Waals surface area contributed by atoms with Crippen molar-refractivity contribution in [2.45, 2.75) is 444 Å². The lowest BCUT2D eigenvalue weighted by Gasteiger charge is -2.18. The van der Waals surface area contributed by atoms with Gasteiger partial charge in [0, 0.05) is 32.1 Å². The minimum absolute atomic E-state index is 0.0702. The first kappa shape index (κ1) is 80.1. The van der Waals surface area contributed by atoms with E-state index in [9.17, 15) is 19.2 Å². The molecule has 0 aliphatic heterocycles. The fourth-order valence-corrected chi connectivity index (χ4v) is 11.9. The number of carbonyl (C=O) groups excluding carboxylic acids is 4. The van der Waals surface area contributed by atoms with Gasteiger partial charge >= 0.3 is 17.9 Å². The van der Waals surface area contributed by atoms with Gasteiger partial charge in [-0.05, 0) is 32.1 Å². The van der Waals surface area contributed by atoms with E-state index in [1.807, 2.05) is 0 Å². The van der Waals surface area contributed by atoms with Crippen LogP contribution >= 0.6 is 0 Å². The fourth-order valence-electron chi connectivity index (χ4n) is 11.9. The number of ketones is 1. The number of esters is 3. The molecule has 0 saturated heterocycles. The lowest BCUT2D eigenvalue weighted by molar-refractivity contribution is -0.167. The zero-order chi connectivity index (χ0) is 59.4. The van der Waals surface area contributed by atoms with E-state index in [0.717, 1.165) is 83.5 Å². The number of rotatable bonds is 71. The predicted molar refractivity (Wildman–Crippen MR) is 354 cm³/mol. The summed E-state index contributed by atoms with van der Waals surface area (Å²) in [6.07, 6.45) is 78.9. The van der Waals surface area contributed by atoms with Crippen LogP contribution in [0.4, 0.5) is 0 Å². The van der Waals surface area contributed by atoms with Crippen LogP contribution in [0.5, 0.6) is 0 Å². The Morgan fingerprint density at radius 3 is 0.561 bits per heavy atom. The van der Waals surface area contributed by atoms with Crippen LogP contribution in [0.1, 0.15) is 438 Å². The second kappa shape index (κ2) is 69.8. The molecule has 7 nitrogen and oxygen atoms in total. The first-order chi connectivity index (χ1) is 40.4. The second-order valence-electron chi connectivity index (χ2n) is 25.9. The second-order valence-corrected chi connectivity index (χ2v) is 25.9. The summed E-state index contributed by atoms with van der Waals surface area (Å²) in [7, 11) is 0. The number of hydrogen-bond donors (Lipinski definition) is 0. The fraction of sp³-hybridized carbons (Fsp3) is 0.947. The minimum Gasteiger partial charge on any atom is -0.462 e. The lowest BCUT2D eigenvalue weighted by atomic mass is 10.0. The van der Waals surface area contributed by atoms with Gasteiger partial charge in [0.15, 0.2) is 6.10 Å². The molecule has 0 rings (SSSR count). The van der Waals surface area contributed by atoms with Gasteiger partial charge in [-0.1, -0.05) is 374 Å². The molecular weight excluding hydrogens is 1010 g/mol. The molecule has 82 heavy (non-hydrogen) atoms. The highest BCUT2D eigenvalue weighted by Crippen LogP contribution is 2.20. The Morgan fingerprint density at radius 1 is 0.207 bits per heavy atom. The average molecular weight is 1160 g/mol. The summed E-state index contributed by atoms with van der Waals surface area (Å²) in [5.41, 5.74) is 0. The van der Waals surface area contributed by atoms with E-state index < -0.39 is 6.10 Å². The summed E-state index contributed by atoms with van der Waals surface area (Å²) in [6.45, 7) is 6.70. The first-order valence-electron chi connectivity index (χ1n) is 37.4. The maximum atomic E-state index is 12.9. The highest BCUT2D eigenvalue weighted by Gasteiger charge is 2.20. The highest BCUT2D eigenvalue weighted by molar-refractivity contribution is 5.78. The Balaban J connectivity index is 4.10. The highest BCUT2D eigenvalue weighted by atomic mass is 16.6. The molecule has 0 aliphatic rings. The lowest BCUT2D eigenvalue weighted by Crippen LogP contribution is -2.30. The Morgan fingerprint density at radius 2 is 0.366 bits per heavy atom. The normalized spacial score (nSPS) is 11.8. The van der Waals surface area contributed by atoms with Crippen molar-refractivity contribution in [3.8, 4) is 0 Å². The number of ether oxygens (including phenoxy) is 3. The molecule has 0 aromatic carbocycles. The van der Waals surface area contributed by atoms with Crippen LogP contribution < -0.4 is 0 Å². The Labute approximate surface area is 512 Å². The van der Waals surface area contributed by atoms with Crippen molar-refractivity contribution in [1.29, 1.82) is 0 Å². The molecular formula is C75H144O7. The third-order valence-electron chi connectivity index (χ3n) is 17.5. The minimum atomic E-state index is -0.774. The zero-order valence-corrected chi connectivity index (χ0v) is 55.8. The van der Waals surface area contributed by atoms with E-state index in [2.05, 4.69) is 20.8 Å². The first-order valence-corrected chi connectivity index (χ1v) is 37.4. The number of Topliss-reactive ketones (excluding diaryl/α,β-unsaturated/α-hetero) is 1. The van der Waals surface area contributed by atoms with Gasteiger partial charge in [-0.15, -0.1) is 0 Å². The van der Waals surface area contributed by atoms with E-state index >= 15 is 0 Å². The van der Waals surface area contributed by atoms with E-state index in [-0.39, 0.29) is 31.1 Å². The van der Waals surface area contributed by atoms with Gasteiger partial charge in [0.2, 0.25) is 0 Å². The molecule has 0 bridgehead atoms. The molecule has 0 spiro atoms. The van der Waals surface area contributed by atoms with E-state index in [4.69, 9.17) is 14.2 Å². The van der Waals surface area contributed by atoms with E-state index in [1.165, 1.54) is 315 Å². The summed E-state index contributed by atoms with van der Waals surface area (Å²) < 4.78 is 17.0. The van der Waals surface area contributed by atoms with Crippen LogP contribution in [-0.4, -0.2) is 43.0 Å². The van der Waals surface area contributed by atoms with Gasteiger partial charge in [0.25, 0.3) is 0 Å². The topological polar surface area (TPSA) is 96.0 Å². The molecule has 0 aromatic rings. The molecule has 0 fully saturated rings. The predicted octanol–water partition coefficient (Wildman–Crippen LogP) is 25.0. The van der Waals surface area contributed by atoms with E-state index in [0.29, 0.717) is 25.0 Å². The number of unbranched alkanes of at least 4 members (excludes halogenated alkanes) is 56. The van der Waals surface area contributed by atoms with Gasteiger partial charge in [-0.3, -0.25) is 19.2 Å². The molecule has 0 N–H and O–H groups in total. The summed E-state index contributed by atoms with van der Waals surface area (Å²) in [4.78, 5) is 50.8. The number of hydrogen-bond acceptors (Lipinski definition) is 7. The van der Waals surface area contributed by atoms with Crippen molar-refractivity contribution >= 4 is 23.7 Å². The molecule has 0 amide bonds. The van der Waals surface area contributed by atoms with Gasteiger partial charge < -0.3 is 14.2 Å². The maximum Gasteiger partial charge on any atom is 0.306 e. The van der Waals surface area contributed by atoms with Crippen molar-refractivity contribution in [3.05, 3.63) is 0 Å².